The van der Waals surface area contributed by atoms with Crippen molar-refractivity contribution in [3.8, 4) is 0 Å². The standard InChI is InChI=1S/C11H14ClN5O/c12-9-6-10(17-11(16-9)14-7-15-17)13-4-3-8-2-1-5-18-8/h6-8,13H,1-5H2. The van der Waals surface area contributed by atoms with Crippen LogP contribution in [-0.2, 0) is 4.74 Å². The van der Waals surface area contributed by atoms with Gasteiger partial charge >= 0.3 is 0 Å². The van der Waals surface area contributed by atoms with Crippen molar-refractivity contribution < 1.29 is 4.74 Å². The molecular weight excluding hydrogens is 254 g/mol. The van der Waals surface area contributed by atoms with E-state index in [1.165, 1.54) is 12.7 Å². The summed E-state index contributed by atoms with van der Waals surface area (Å²) in [7, 11) is 0. The molecule has 2 aromatic rings. The van der Waals surface area contributed by atoms with Gasteiger partial charge in [0.2, 0.25) is 0 Å². The highest BCUT2D eigenvalue weighted by molar-refractivity contribution is 6.29. The topological polar surface area (TPSA) is 64.3 Å². The van der Waals surface area contributed by atoms with Crippen LogP contribution in [0.15, 0.2) is 12.4 Å². The first-order valence-corrected chi connectivity index (χ1v) is 6.42. The Morgan fingerprint density at radius 3 is 3.33 bits per heavy atom. The smallest absolute Gasteiger partial charge is 0.255 e. The molecule has 6 nitrogen and oxygen atoms in total. The molecule has 1 saturated heterocycles. The molecule has 3 heterocycles. The molecular formula is C11H14ClN5O. The number of hydrogen-bond acceptors (Lipinski definition) is 5. The summed E-state index contributed by atoms with van der Waals surface area (Å²) in [5.74, 6) is 1.31. The lowest BCUT2D eigenvalue weighted by Gasteiger charge is -2.11. The fourth-order valence-corrected chi connectivity index (χ4v) is 2.32. The molecule has 2 aromatic heterocycles. The first-order valence-electron chi connectivity index (χ1n) is 6.05. The van der Waals surface area contributed by atoms with Crippen molar-refractivity contribution in [2.24, 2.45) is 0 Å². The van der Waals surface area contributed by atoms with E-state index in [-0.39, 0.29) is 0 Å². The monoisotopic (exact) mass is 267 g/mol. The molecule has 0 saturated carbocycles. The summed E-state index contributed by atoms with van der Waals surface area (Å²) in [5.41, 5.74) is 0. The molecule has 1 atom stereocenters. The quantitative estimate of drug-likeness (QED) is 0.855. The molecule has 0 spiro atoms. The van der Waals surface area contributed by atoms with Crippen LogP contribution in [0.4, 0.5) is 5.82 Å². The molecule has 0 aromatic carbocycles. The summed E-state index contributed by atoms with van der Waals surface area (Å²) in [6.45, 7) is 1.71. The van der Waals surface area contributed by atoms with E-state index >= 15 is 0 Å². The van der Waals surface area contributed by atoms with Gasteiger partial charge in [0.1, 0.15) is 17.3 Å². The number of nitrogens with one attached hydrogen (secondary N) is 1. The van der Waals surface area contributed by atoms with Crippen LogP contribution >= 0.6 is 11.6 Å². The highest BCUT2D eigenvalue weighted by atomic mass is 35.5. The number of hydrogen-bond donors (Lipinski definition) is 1. The Morgan fingerprint density at radius 1 is 1.56 bits per heavy atom. The third kappa shape index (κ3) is 2.39. The maximum atomic E-state index is 5.93. The molecule has 1 N–H and O–H groups in total. The predicted molar refractivity (Wildman–Crippen MR) is 67.9 cm³/mol. The van der Waals surface area contributed by atoms with Gasteiger partial charge in [-0.1, -0.05) is 11.6 Å². The minimum absolute atomic E-state index is 0.376. The highest BCUT2D eigenvalue weighted by Gasteiger charge is 2.15. The van der Waals surface area contributed by atoms with Crippen molar-refractivity contribution >= 4 is 23.2 Å². The largest absolute Gasteiger partial charge is 0.378 e. The number of nitrogens with zero attached hydrogens (tertiary/aromatic N) is 4. The SMILES string of the molecule is Clc1cc(NCCC2CCCO2)n2ncnc2n1. The number of rotatable bonds is 4. The Balaban J connectivity index is 1.67. The third-order valence-electron chi connectivity index (χ3n) is 3.02. The van der Waals surface area contributed by atoms with Crippen molar-refractivity contribution in [1.29, 1.82) is 0 Å². The predicted octanol–water partition coefficient (Wildman–Crippen LogP) is 1.76. The van der Waals surface area contributed by atoms with Gasteiger partial charge in [0, 0.05) is 19.2 Å². The van der Waals surface area contributed by atoms with Crippen LogP contribution in [0.25, 0.3) is 5.78 Å². The molecule has 0 aliphatic carbocycles. The second-order valence-corrected chi connectivity index (χ2v) is 4.67. The van der Waals surface area contributed by atoms with E-state index in [1.807, 2.05) is 0 Å². The molecule has 1 aliphatic heterocycles. The normalized spacial score (nSPS) is 19.5. The van der Waals surface area contributed by atoms with Gasteiger partial charge in [0.05, 0.1) is 6.10 Å². The molecule has 1 aliphatic rings. The molecule has 1 unspecified atom stereocenters. The minimum atomic E-state index is 0.376. The van der Waals surface area contributed by atoms with Crippen molar-refractivity contribution in [1.82, 2.24) is 19.6 Å². The van der Waals surface area contributed by atoms with Crippen LogP contribution in [-0.4, -0.2) is 38.8 Å². The van der Waals surface area contributed by atoms with E-state index in [4.69, 9.17) is 16.3 Å². The second kappa shape index (κ2) is 5.07. The number of fused-ring (bicyclic) bond motifs is 1. The molecule has 96 valence electrons. The number of anilines is 1. The molecule has 7 heteroatoms. The van der Waals surface area contributed by atoms with Gasteiger partial charge in [-0.15, -0.1) is 0 Å². The summed E-state index contributed by atoms with van der Waals surface area (Å²) in [6, 6.07) is 1.75. The van der Waals surface area contributed by atoms with Crippen LogP contribution < -0.4 is 5.32 Å². The van der Waals surface area contributed by atoms with E-state index in [9.17, 15) is 0 Å². The van der Waals surface area contributed by atoms with Crippen LogP contribution in [0.5, 0.6) is 0 Å². The van der Waals surface area contributed by atoms with E-state index in [0.29, 0.717) is 17.0 Å². The van der Waals surface area contributed by atoms with Gasteiger partial charge in [0.25, 0.3) is 5.78 Å². The molecule has 0 radical (unpaired) electrons. The van der Waals surface area contributed by atoms with Crippen molar-refractivity contribution in [2.75, 3.05) is 18.5 Å². The summed E-state index contributed by atoms with van der Waals surface area (Å²) in [6.07, 6.45) is 5.14. The second-order valence-electron chi connectivity index (χ2n) is 4.29. The third-order valence-corrected chi connectivity index (χ3v) is 3.21. The molecule has 1 fully saturated rings. The van der Waals surface area contributed by atoms with E-state index in [0.717, 1.165) is 31.8 Å². The van der Waals surface area contributed by atoms with Gasteiger partial charge in [-0.2, -0.15) is 19.6 Å². The maximum absolute atomic E-state index is 5.93. The zero-order valence-corrected chi connectivity index (χ0v) is 10.6. The lowest BCUT2D eigenvalue weighted by atomic mass is 10.2. The van der Waals surface area contributed by atoms with Gasteiger partial charge < -0.3 is 10.1 Å². The first-order chi connectivity index (χ1) is 8.83. The first kappa shape index (κ1) is 11.7. The average molecular weight is 268 g/mol. The van der Waals surface area contributed by atoms with Gasteiger partial charge in [-0.05, 0) is 19.3 Å². The fraction of sp³-hybridized carbons (Fsp3) is 0.545. The van der Waals surface area contributed by atoms with Gasteiger partial charge in [-0.3, -0.25) is 0 Å². The zero-order valence-electron chi connectivity index (χ0n) is 9.84. The minimum Gasteiger partial charge on any atom is -0.378 e. The number of aromatic nitrogens is 4. The molecule has 18 heavy (non-hydrogen) atoms. The number of ether oxygens (including phenoxy) is 1. The lowest BCUT2D eigenvalue weighted by Crippen LogP contribution is -2.14. The molecule has 3 rings (SSSR count). The Kier molecular flexibility index (Phi) is 3.29. The highest BCUT2D eigenvalue weighted by Crippen LogP contribution is 2.17. The van der Waals surface area contributed by atoms with E-state index in [2.05, 4.69) is 20.4 Å². The van der Waals surface area contributed by atoms with Gasteiger partial charge in [0.15, 0.2) is 0 Å². The van der Waals surface area contributed by atoms with Gasteiger partial charge in [-0.25, -0.2) is 0 Å². The molecule has 0 amide bonds. The van der Waals surface area contributed by atoms with Crippen molar-refractivity contribution in [3.05, 3.63) is 17.5 Å². The fourth-order valence-electron chi connectivity index (χ4n) is 2.14. The van der Waals surface area contributed by atoms with Crippen molar-refractivity contribution in [3.63, 3.8) is 0 Å². The Morgan fingerprint density at radius 2 is 2.50 bits per heavy atom. The Hall–Kier alpha value is -1.40. The van der Waals surface area contributed by atoms with E-state index < -0.39 is 0 Å². The Labute approximate surface area is 109 Å². The lowest BCUT2D eigenvalue weighted by molar-refractivity contribution is 0.107. The summed E-state index contributed by atoms with van der Waals surface area (Å²) < 4.78 is 7.21. The summed E-state index contributed by atoms with van der Waals surface area (Å²) in [5, 5.41) is 7.81. The van der Waals surface area contributed by atoms with Crippen LogP contribution in [0.1, 0.15) is 19.3 Å². The number of halogens is 1. The molecule has 0 bridgehead atoms. The maximum Gasteiger partial charge on any atom is 0.255 e. The summed E-state index contributed by atoms with van der Waals surface area (Å²) in [4.78, 5) is 8.09. The Bertz CT molecular complexity index is 537. The van der Waals surface area contributed by atoms with Crippen molar-refractivity contribution in [2.45, 2.75) is 25.4 Å². The summed E-state index contributed by atoms with van der Waals surface area (Å²) >= 11 is 5.93. The van der Waals surface area contributed by atoms with Crippen LogP contribution in [0.2, 0.25) is 5.15 Å². The van der Waals surface area contributed by atoms with E-state index in [1.54, 1.807) is 10.6 Å². The van der Waals surface area contributed by atoms with Crippen LogP contribution in [0.3, 0.4) is 0 Å². The zero-order chi connectivity index (χ0) is 12.4. The van der Waals surface area contributed by atoms with Crippen LogP contribution in [0, 0.1) is 0 Å². The average Bonchev–Trinajstić information content (AvgIpc) is 2.98.